The van der Waals surface area contributed by atoms with Crippen molar-refractivity contribution in [3.05, 3.63) is 102 Å². The van der Waals surface area contributed by atoms with Crippen molar-refractivity contribution in [2.24, 2.45) is 5.10 Å². The molecule has 0 N–H and O–H groups in total. The average Bonchev–Trinajstić information content (AvgIpc) is 2.87. The lowest BCUT2D eigenvalue weighted by Gasteiger charge is -2.10. The number of nitriles is 1. The molecule has 6 nitrogen and oxygen atoms in total. The number of nitrogens with zero attached hydrogens (tertiary/aromatic N) is 4. The van der Waals surface area contributed by atoms with Crippen LogP contribution in [0.25, 0.3) is 10.9 Å². The van der Waals surface area contributed by atoms with Crippen LogP contribution < -0.4 is 10.3 Å². The largest absolute Gasteiger partial charge is 0.488 e. The number of hydrogen-bond donors (Lipinski definition) is 0. The Morgan fingerprint density at radius 1 is 1.20 bits per heavy atom. The van der Waals surface area contributed by atoms with Gasteiger partial charge >= 0.3 is 0 Å². The third kappa shape index (κ3) is 5.97. The molecule has 4 aromatic rings. The van der Waals surface area contributed by atoms with Gasteiger partial charge in [0.05, 0.1) is 32.3 Å². The van der Waals surface area contributed by atoms with Crippen molar-refractivity contribution >= 4 is 55.6 Å². The van der Waals surface area contributed by atoms with Crippen LogP contribution >= 0.6 is 38.5 Å². The van der Waals surface area contributed by atoms with Crippen LogP contribution in [0.15, 0.2) is 75.0 Å². The Labute approximate surface area is 225 Å². The summed E-state index contributed by atoms with van der Waals surface area (Å²) in [6.07, 6.45) is 4.25. The summed E-state index contributed by atoms with van der Waals surface area (Å²) < 4.78 is 9.08. The Kier molecular flexibility index (Phi) is 8.31. The van der Waals surface area contributed by atoms with E-state index in [1.807, 2.05) is 48.5 Å². The number of aryl methyl sites for hydroxylation is 1. The van der Waals surface area contributed by atoms with E-state index in [1.54, 1.807) is 18.3 Å². The number of aromatic nitrogens is 2. The van der Waals surface area contributed by atoms with Crippen molar-refractivity contribution in [1.82, 2.24) is 9.66 Å². The van der Waals surface area contributed by atoms with Crippen LogP contribution in [0, 0.1) is 14.9 Å². The molecule has 3 aromatic carbocycles. The second-order valence-corrected chi connectivity index (χ2v) is 9.98. The molecule has 0 bridgehead atoms. The first-order valence-corrected chi connectivity index (χ1v) is 13.0. The molecular weight excluding hydrogens is 619 g/mol. The van der Waals surface area contributed by atoms with Crippen molar-refractivity contribution in [3.63, 3.8) is 0 Å². The lowest BCUT2D eigenvalue weighted by atomic mass is 10.1. The minimum Gasteiger partial charge on any atom is -0.488 e. The molecule has 0 unspecified atom stereocenters. The van der Waals surface area contributed by atoms with Gasteiger partial charge in [0, 0.05) is 16.5 Å². The molecule has 35 heavy (non-hydrogen) atoms. The van der Waals surface area contributed by atoms with Crippen LogP contribution in [0.5, 0.6) is 5.75 Å². The summed E-state index contributed by atoms with van der Waals surface area (Å²) in [7, 11) is 0. The van der Waals surface area contributed by atoms with Gasteiger partial charge in [0.25, 0.3) is 5.56 Å². The van der Waals surface area contributed by atoms with Crippen molar-refractivity contribution in [2.45, 2.75) is 32.8 Å². The van der Waals surface area contributed by atoms with Gasteiger partial charge in [-0.3, -0.25) is 4.79 Å². The molecule has 0 spiro atoms. The van der Waals surface area contributed by atoms with E-state index in [1.165, 1.54) is 4.68 Å². The highest BCUT2D eigenvalue weighted by Gasteiger charge is 2.11. The number of ether oxygens (including phenoxy) is 1. The molecule has 0 saturated carbocycles. The Morgan fingerprint density at radius 2 is 2.03 bits per heavy atom. The smallest absolute Gasteiger partial charge is 0.282 e. The van der Waals surface area contributed by atoms with Crippen LogP contribution in [0.2, 0.25) is 0 Å². The molecule has 0 fully saturated rings. The normalized spacial score (nSPS) is 11.1. The topological polar surface area (TPSA) is 80.3 Å². The highest BCUT2D eigenvalue weighted by molar-refractivity contribution is 14.1. The number of unbranched alkanes of at least 4 members (excludes halogenated alkanes) is 1. The number of rotatable bonds is 8. The highest BCUT2D eigenvalue weighted by Crippen LogP contribution is 2.23. The predicted octanol–water partition coefficient (Wildman–Crippen LogP) is 6.44. The molecular formula is C27H22BrIN4O2. The quantitative estimate of drug-likeness (QED) is 0.164. The van der Waals surface area contributed by atoms with E-state index in [-0.39, 0.29) is 5.56 Å². The van der Waals surface area contributed by atoms with Crippen LogP contribution in [0.3, 0.4) is 0 Å². The predicted molar refractivity (Wildman–Crippen MR) is 150 cm³/mol. The zero-order valence-electron chi connectivity index (χ0n) is 19.0. The fourth-order valence-corrected chi connectivity index (χ4v) is 4.62. The third-order valence-corrected chi connectivity index (χ3v) is 6.76. The summed E-state index contributed by atoms with van der Waals surface area (Å²) in [4.78, 5) is 17.9. The fraction of sp³-hybridized carbons (Fsp3) is 0.185. The minimum absolute atomic E-state index is 0.190. The molecule has 0 atom stereocenters. The monoisotopic (exact) mass is 640 g/mol. The second kappa shape index (κ2) is 11.6. The van der Waals surface area contributed by atoms with Crippen molar-refractivity contribution in [3.8, 4) is 11.8 Å². The molecule has 0 aliphatic carbocycles. The Balaban J connectivity index is 1.60. The number of hydrogen-bond acceptors (Lipinski definition) is 5. The zero-order valence-corrected chi connectivity index (χ0v) is 22.8. The maximum atomic E-state index is 13.2. The van der Waals surface area contributed by atoms with Gasteiger partial charge in [-0.05, 0) is 77.0 Å². The van der Waals surface area contributed by atoms with E-state index < -0.39 is 0 Å². The Hall–Kier alpha value is -3.03. The second-order valence-electron chi connectivity index (χ2n) is 7.90. The van der Waals surface area contributed by atoms with Crippen molar-refractivity contribution in [2.75, 3.05) is 0 Å². The van der Waals surface area contributed by atoms with E-state index >= 15 is 0 Å². The molecule has 1 heterocycles. The SMILES string of the molecule is CCCCc1nc2ccc(Br)cc2c(=O)n1N=Cc1ccc(OCc2ccccc2C#N)c(I)c1. The van der Waals surface area contributed by atoms with Crippen LogP contribution in [-0.2, 0) is 13.0 Å². The Morgan fingerprint density at radius 3 is 2.80 bits per heavy atom. The molecule has 0 aliphatic heterocycles. The van der Waals surface area contributed by atoms with E-state index in [9.17, 15) is 10.1 Å². The van der Waals surface area contributed by atoms with E-state index in [0.29, 0.717) is 41.1 Å². The summed E-state index contributed by atoms with van der Waals surface area (Å²) in [5.74, 6) is 1.36. The van der Waals surface area contributed by atoms with E-state index in [0.717, 1.165) is 32.0 Å². The van der Waals surface area contributed by atoms with Crippen molar-refractivity contribution < 1.29 is 4.74 Å². The minimum atomic E-state index is -0.190. The van der Waals surface area contributed by atoms with Gasteiger partial charge < -0.3 is 4.74 Å². The van der Waals surface area contributed by atoms with Crippen molar-refractivity contribution in [1.29, 1.82) is 5.26 Å². The van der Waals surface area contributed by atoms with Crippen LogP contribution in [-0.4, -0.2) is 15.9 Å². The van der Waals surface area contributed by atoms with Gasteiger partial charge in [0.2, 0.25) is 0 Å². The third-order valence-electron chi connectivity index (χ3n) is 5.43. The summed E-state index contributed by atoms with van der Waals surface area (Å²) in [5.41, 5.74) is 2.76. The van der Waals surface area contributed by atoms with Crippen LogP contribution in [0.1, 0.15) is 42.3 Å². The van der Waals surface area contributed by atoms with Gasteiger partial charge in [-0.15, -0.1) is 0 Å². The highest BCUT2D eigenvalue weighted by atomic mass is 127. The molecule has 176 valence electrons. The first-order chi connectivity index (χ1) is 17.0. The average molecular weight is 641 g/mol. The zero-order chi connectivity index (χ0) is 24.8. The molecule has 0 radical (unpaired) electrons. The number of fused-ring (bicyclic) bond motifs is 1. The van der Waals surface area contributed by atoms with Gasteiger partial charge in [-0.1, -0.05) is 47.5 Å². The first-order valence-electron chi connectivity index (χ1n) is 11.2. The molecule has 0 aliphatic rings. The van der Waals surface area contributed by atoms with E-state index in [2.05, 4.69) is 56.6 Å². The van der Waals surface area contributed by atoms with Gasteiger partial charge in [0.1, 0.15) is 18.2 Å². The lowest BCUT2D eigenvalue weighted by Crippen LogP contribution is -2.22. The number of halogens is 2. The van der Waals surface area contributed by atoms with Gasteiger partial charge in [0.15, 0.2) is 0 Å². The molecule has 0 amide bonds. The summed E-state index contributed by atoms with van der Waals surface area (Å²) in [6, 6.07) is 20.8. The summed E-state index contributed by atoms with van der Waals surface area (Å²) in [5, 5.41) is 14.3. The maximum absolute atomic E-state index is 13.2. The Bertz CT molecular complexity index is 1510. The standard InChI is InChI=1S/C27H22BrIN4O2/c1-2-3-8-26-32-24-11-10-21(28)14-22(24)27(34)33(26)31-16-18-9-12-25(23(29)13-18)35-17-20-7-5-4-6-19(20)15-30/h4-7,9-14,16H,2-3,8,17H2,1H3. The molecule has 0 saturated heterocycles. The van der Waals surface area contributed by atoms with Gasteiger partial charge in [-0.2, -0.15) is 15.0 Å². The van der Waals surface area contributed by atoms with E-state index in [4.69, 9.17) is 9.72 Å². The maximum Gasteiger partial charge on any atom is 0.282 e. The summed E-state index contributed by atoms with van der Waals surface area (Å²) in [6.45, 7) is 2.41. The summed E-state index contributed by atoms with van der Waals surface area (Å²) >= 11 is 5.64. The first kappa shape index (κ1) is 25.1. The van der Waals surface area contributed by atoms with Gasteiger partial charge in [-0.25, -0.2) is 4.98 Å². The molecule has 8 heteroatoms. The molecule has 1 aromatic heterocycles. The fourth-order valence-electron chi connectivity index (χ4n) is 3.56. The molecule has 4 rings (SSSR count). The lowest BCUT2D eigenvalue weighted by molar-refractivity contribution is 0.303. The number of benzene rings is 3. The van der Waals surface area contributed by atoms with Crippen LogP contribution in [0.4, 0.5) is 0 Å².